The van der Waals surface area contributed by atoms with Crippen molar-refractivity contribution in [2.75, 3.05) is 20.6 Å². The van der Waals surface area contributed by atoms with Gasteiger partial charge in [-0.2, -0.15) is 0 Å². The predicted molar refractivity (Wildman–Crippen MR) is 82.5 cm³/mol. The van der Waals surface area contributed by atoms with Crippen LogP contribution >= 0.6 is 0 Å². The number of methoxy groups -OCH3 is 1. The molecule has 2 bridgehead atoms. The van der Waals surface area contributed by atoms with Crippen molar-refractivity contribution >= 4 is 0 Å². The Morgan fingerprint density at radius 1 is 1.59 bits per heavy atom. The lowest BCUT2D eigenvalue weighted by atomic mass is 9.53. The summed E-state index contributed by atoms with van der Waals surface area (Å²) in [4.78, 5) is 1.99. The van der Waals surface area contributed by atoms with Gasteiger partial charge in [0.25, 0.3) is 0 Å². The highest BCUT2D eigenvalue weighted by Gasteiger charge is 2.64. The van der Waals surface area contributed by atoms with Crippen LogP contribution in [0.25, 0.3) is 0 Å². The van der Waals surface area contributed by atoms with E-state index in [2.05, 4.69) is 0 Å². The highest BCUT2D eigenvalue weighted by atomic mass is 16.5. The first-order chi connectivity index (χ1) is 13.5. The van der Waals surface area contributed by atoms with Crippen molar-refractivity contribution in [1.29, 1.82) is 1.43 Å². The van der Waals surface area contributed by atoms with Crippen LogP contribution in [0.3, 0.4) is 0 Å². The zero-order valence-electron chi connectivity index (χ0n) is 19.1. The van der Waals surface area contributed by atoms with Gasteiger partial charge in [-0.15, -0.1) is 0 Å². The fraction of sp³-hybridized carbons (Fsp3) is 0.556. The molecule has 22 heavy (non-hydrogen) atoms. The largest absolute Gasteiger partial charge is 0.493 e. The van der Waals surface area contributed by atoms with Gasteiger partial charge < -0.3 is 19.5 Å². The molecule has 0 aromatic heterocycles. The number of hydrogen-bond acceptors (Lipinski definition) is 4. The fourth-order valence-corrected chi connectivity index (χ4v) is 4.75. The molecule has 2 unspecified atom stereocenters. The minimum Gasteiger partial charge on any atom is -0.493 e. The third kappa shape index (κ3) is 1.28. The first-order valence-electron chi connectivity index (χ1n) is 10.9. The van der Waals surface area contributed by atoms with Crippen molar-refractivity contribution in [3.05, 3.63) is 35.4 Å². The monoisotopic (exact) mass is 306 g/mol. The van der Waals surface area contributed by atoms with Crippen molar-refractivity contribution in [2.24, 2.45) is 5.92 Å². The molecular formula is C18H21NO3. The summed E-state index contributed by atoms with van der Waals surface area (Å²) in [5.74, 6) is -0.170. The molecule has 1 N–H and O–H groups in total. The number of likely N-dealkylation sites (N-methyl/N-ethyl adjacent to an activating group) is 1. The molecule has 1 fully saturated rings. The van der Waals surface area contributed by atoms with Crippen LogP contribution in [0.2, 0.25) is 0 Å². The molecule has 0 radical (unpaired) electrons. The number of likely N-dealkylation sites (tertiary alicyclic amines) is 1. The van der Waals surface area contributed by atoms with Gasteiger partial charge in [0.15, 0.2) is 11.5 Å². The lowest BCUT2D eigenvalue weighted by Gasteiger charge is -2.56. The highest BCUT2D eigenvalue weighted by Crippen LogP contribution is 2.62. The smallest absolute Gasteiger partial charge is 0.211 e. The van der Waals surface area contributed by atoms with Crippen LogP contribution in [-0.2, 0) is 11.8 Å². The molecule has 2 heterocycles. The second-order valence-electron chi connectivity index (χ2n) is 6.56. The quantitative estimate of drug-likeness (QED) is 0.841. The van der Waals surface area contributed by atoms with Crippen LogP contribution in [0.4, 0.5) is 0 Å². The first kappa shape index (κ1) is 7.84. The second kappa shape index (κ2) is 4.06. The normalized spacial score (nSPS) is 51.9. The van der Waals surface area contributed by atoms with Gasteiger partial charge in [0, 0.05) is 25.7 Å². The highest BCUT2D eigenvalue weighted by molar-refractivity contribution is 5.62. The zero-order valence-corrected chi connectivity index (χ0v) is 12.1. The molecule has 2 aliphatic heterocycles. The molecule has 5 rings (SSSR count). The Labute approximate surface area is 140 Å². The summed E-state index contributed by atoms with van der Waals surface area (Å²) in [5.41, 5.74) is 0.184. The molecule has 4 heteroatoms. The summed E-state index contributed by atoms with van der Waals surface area (Å²) < 4.78 is 67.8. The van der Waals surface area contributed by atoms with E-state index >= 15 is 0 Å². The van der Waals surface area contributed by atoms with E-state index in [-0.39, 0.29) is 17.4 Å². The summed E-state index contributed by atoms with van der Waals surface area (Å²) in [6, 6.07) is 2.51. The van der Waals surface area contributed by atoms with Gasteiger partial charge in [0.1, 0.15) is 12.2 Å². The van der Waals surface area contributed by atoms with Gasteiger partial charge in [-0.3, -0.25) is 0 Å². The van der Waals surface area contributed by atoms with Crippen molar-refractivity contribution in [3.63, 3.8) is 0 Å². The molecular weight excluding hydrogens is 278 g/mol. The minimum absolute atomic E-state index is 0.00761. The summed E-state index contributed by atoms with van der Waals surface area (Å²) in [5, 5.41) is 4.79. The van der Waals surface area contributed by atoms with E-state index in [0.717, 1.165) is 0 Å². The van der Waals surface area contributed by atoms with Gasteiger partial charge in [0.2, 0.25) is 1.43 Å². The predicted octanol–water partition coefficient (Wildman–Crippen LogP) is 1.50. The van der Waals surface area contributed by atoms with E-state index in [1.165, 1.54) is 12.1 Å². The fourth-order valence-electron chi connectivity index (χ4n) is 4.75. The van der Waals surface area contributed by atoms with Crippen molar-refractivity contribution < 1.29 is 22.8 Å². The molecule has 1 saturated heterocycles. The number of nitrogens with zero attached hydrogens (tertiary/aromatic N) is 1. The van der Waals surface area contributed by atoms with Crippen LogP contribution in [0, 0.1) is 5.92 Å². The molecule has 1 aromatic carbocycles. The van der Waals surface area contributed by atoms with E-state index < -0.39 is 37.1 Å². The van der Waals surface area contributed by atoms with Gasteiger partial charge >= 0.3 is 0 Å². The topological polar surface area (TPSA) is 41.9 Å². The van der Waals surface area contributed by atoms with Crippen LogP contribution < -0.4 is 9.47 Å². The van der Waals surface area contributed by atoms with Crippen molar-refractivity contribution in [3.8, 4) is 11.5 Å². The first-order valence-corrected chi connectivity index (χ1v) is 7.53. The molecule has 1 spiro atoms. The van der Waals surface area contributed by atoms with E-state index in [1.54, 1.807) is 12.1 Å². The number of piperidine rings is 1. The number of ether oxygens (including phenoxy) is 2. The summed E-state index contributed by atoms with van der Waals surface area (Å²) in [6.07, 6.45) is -0.639. The second-order valence-corrected chi connectivity index (χ2v) is 6.56. The Kier molecular flexibility index (Phi) is 1.45. The van der Waals surface area contributed by atoms with Crippen LogP contribution in [-0.4, -0.2) is 50.3 Å². The lowest BCUT2D eigenvalue weighted by molar-refractivity contribution is -0.0453. The van der Waals surface area contributed by atoms with Gasteiger partial charge in [0.05, 0.1) is 12.5 Å². The molecule has 0 amide bonds. The Morgan fingerprint density at radius 3 is 3.41 bits per heavy atom. The number of hydrogen-bond donors (Lipinski definition) is 1. The Bertz CT molecular complexity index is 919. The number of rotatable bonds is 2. The Balaban J connectivity index is 1.82. The number of benzene rings is 1. The molecule has 2 aliphatic carbocycles. The summed E-state index contributed by atoms with van der Waals surface area (Å²) >= 11 is 0. The Hall–Kier alpha value is -1.52. The average Bonchev–Trinajstić information content (AvgIpc) is 2.98. The van der Waals surface area contributed by atoms with Crippen LogP contribution in [0.1, 0.15) is 25.8 Å². The minimum atomic E-state index is -2.70. The zero-order chi connectivity index (χ0) is 21.0. The summed E-state index contributed by atoms with van der Waals surface area (Å²) in [7, 11) is -0.820. The van der Waals surface area contributed by atoms with Crippen LogP contribution in [0.15, 0.2) is 24.3 Å². The molecule has 116 valence electrons. The van der Waals surface area contributed by atoms with Gasteiger partial charge in [-0.1, -0.05) is 18.2 Å². The SMILES string of the molecule is [2H]OC1([2H])C=C[C@H]2[C@@H]3N(C)CC[C@@]24c2c(ccc(OC([2H])([2H])[2H])c2OC14)C3([2H])[2H]. The molecule has 0 saturated carbocycles. The maximum atomic E-state index is 8.92. The van der Waals surface area contributed by atoms with Crippen molar-refractivity contribution in [2.45, 2.75) is 36.4 Å². The van der Waals surface area contributed by atoms with E-state index in [1.807, 2.05) is 11.9 Å². The van der Waals surface area contributed by atoms with E-state index in [0.29, 0.717) is 24.1 Å². The maximum Gasteiger partial charge on any atom is 0.211 e. The van der Waals surface area contributed by atoms with E-state index in [4.69, 9.17) is 24.2 Å². The average molecular weight is 306 g/mol. The Morgan fingerprint density at radius 2 is 2.55 bits per heavy atom. The third-order valence-corrected chi connectivity index (χ3v) is 5.72. The third-order valence-electron chi connectivity index (χ3n) is 5.72. The standard InChI is InChI=1S/C18H21NO3/c1-19-8-7-18-11-4-5-13(20)17(18)22-16-14(21-2)6-3-10(15(16)18)9-12(11)19/h3-6,11-13,17,20H,7-9H2,1-2H3/t11-,12+,13?,17?,18-/m0/s1/i2D3,9D2,13D,20D. The molecule has 5 atom stereocenters. The number of aliphatic hydroxyl groups is 1. The molecule has 4 nitrogen and oxygen atoms in total. The summed E-state index contributed by atoms with van der Waals surface area (Å²) in [6.45, 7) is 0.575. The van der Waals surface area contributed by atoms with Gasteiger partial charge in [-0.05, 0) is 38.0 Å². The van der Waals surface area contributed by atoms with E-state index in [9.17, 15) is 0 Å². The molecule has 4 aliphatic rings. The van der Waals surface area contributed by atoms with Gasteiger partial charge in [-0.25, -0.2) is 0 Å². The lowest BCUT2D eigenvalue weighted by Crippen LogP contribution is -2.64. The maximum absolute atomic E-state index is 8.92. The molecule has 1 aromatic rings. The van der Waals surface area contributed by atoms with Crippen molar-refractivity contribution in [1.82, 2.24) is 4.90 Å². The van der Waals surface area contributed by atoms with Crippen LogP contribution in [0.5, 0.6) is 11.5 Å².